The van der Waals surface area contributed by atoms with Crippen LogP contribution in [0.3, 0.4) is 0 Å². The molecule has 1 aromatic heterocycles. The summed E-state index contributed by atoms with van der Waals surface area (Å²) in [4.78, 5) is -0.0874. The highest BCUT2D eigenvalue weighted by molar-refractivity contribution is 7.89. The summed E-state index contributed by atoms with van der Waals surface area (Å²) >= 11 is 1.27. The molecule has 2 N–H and O–H groups in total. The van der Waals surface area contributed by atoms with Gasteiger partial charge in [0.1, 0.15) is 22.1 Å². The van der Waals surface area contributed by atoms with E-state index in [2.05, 4.69) is 4.72 Å². The van der Waals surface area contributed by atoms with E-state index in [0.717, 1.165) is 12.1 Å². The van der Waals surface area contributed by atoms with Crippen LogP contribution in [0.4, 0.5) is 8.78 Å². The van der Waals surface area contributed by atoms with Gasteiger partial charge in [-0.15, -0.1) is 11.3 Å². The fraction of sp³-hybridized carbons (Fsp3) is 0.231. The molecule has 1 aromatic carbocycles. The van der Waals surface area contributed by atoms with E-state index in [4.69, 9.17) is 0 Å². The number of rotatable bonds is 5. The van der Waals surface area contributed by atoms with Crippen LogP contribution in [0.15, 0.2) is 40.6 Å². The van der Waals surface area contributed by atoms with Crippen LogP contribution in [0.5, 0.6) is 0 Å². The number of benzene rings is 1. The zero-order valence-corrected chi connectivity index (χ0v) is 12.6. The van der Waals surface area contributed by atoms with Crippen molar-refractivity contribution in [3.05, 3.63) is 52.2 Å². The van der Waals surface area contributed by atoms with Gasteiger partial charge in [-0.3, -0.25) is 0 Å². The Balaban J connectivity index is 2.19. The molecule has 0 saturated heterocycles. The first-order valence-corrected chi connectivity index (χ1v) is 8.30. The van der Waals surface area contributed by atoms with Gasteiger partial charge < -0.3 is 5.11 Å². The minimum atomic E-state index is -4.18. The first kappa shape index (κ1) is 16.0. The molecule has 8 heteroatoms. The number of hydrogen-bond donors (Lipinski definition) is 2. The van der Waals surface area contributed by atoms with Crippen LogP contribution < -0.4 is 4.72 Å². The first-order valence-electron chi connectivity index (χ1n) is 5.93. The van der Waals surface area contributed by atoms with E-state index in [1.165, 1.54) is 18.3 Å². The predicted octanol–water partition coefficient (Wildman–Crippen LogP) is 2.21. The standard InChI is InChI=1S/C13H13F2NO3S2/c1-13(17,12-3-2-6-20-12)8-16-21(18,19)11-5-4-9(14)7-10(11)15/h2-7,16-17H,8H2,1H3. The largest absolute Gasteiger partial charge is 0.383 e. The zero-order chi connectivity index (χ0) is 15.7. The molecule has 0 spiro atoms. The lowest BCUT2D eigenvalue weighted by molar-refractivity contribution is 0.0666. The Morgan fingerprint density at radius 1 is 1.33 bits per heavy atom. The highest BCUT2D eigenvalue weighted by atomic mass is 32.2. The molecular formula is C13H13F2NO3S2. The van der Waals surface area contributed by atoms with Gasteiger partial charge in [0.15, 0.2) is 0 Å². The molecule has 0 aliphatic carbocycles. The van der Waals surface area contributed by atoms with Crippen molar-refractivity contribution in [3.8, 4) is 0 Å². The average Bonchev–Trinajstić information content (AvgIpc) is 2.91. The SMILES string of the molecule is CC(O)(CNS(=O)(=O)c1ccc(F)cc1F)c1cccs1. The van der Waals surface area contributed by atoms with Gasteiger partial charge in [-0.25, -0.2) is 21.9 Å². The van der Waals surface area contributed by atoms with Crippen LogP contribution >= 0.6 is 11.3 Å². The molecule has 0 bridgehead atoms. The second-order valence-corrected chi connectivity index (χ2v) is 7.33. The molecule has 114 valence electrons. The Bertz CT molecular complexity index is 728. The summed E-state index contributed by atoms with van der Waals surface area (Å²) in [6, 6.07) is 5.58. The number of sulfonamides is 1. The van der Waals surface area contributed by atoms with E-state index >= 15 is 0 Å². The zero-order valence-electron chi connectivity index (χ0n) is 11.0. The van der Waals surface area contributed by atoms with E-state index in [1.54, 1.807) is 17.5 Å². The van der Waals surface area contributed by atoms with Gasteiger partial charge in [0, 0.05) is 17.5 Å². The Morgan fingerprint density at radius 3 is 2.62 bits per heavy atom. The lowest BCUT2D eigenvalue weighted by Crippen LogP contribution is -2.38. The molecule has 1 unspecified atom stereocenters. The summed E-state index contributed by atoms with van der Waals surface area (Å²) in [5.41, 5.74) is -1.42. The summed E-state index contributed by atoms with van der Waals surface area (Å²) in [5.74, 6) is -2.05. The molecule has 1 atom stereocenters. The van der Waals surface area contributed by atoms with E-state index in [-0.39, 0.29) is 6.54 Å². The third-order valence-corrected chi connectivity index (χ3v) is 5.40. The van der Waals surface area contributed by atoms with E-state index in [9.17, 15) is 22.3 Å². The molecule has 0 amide bonds. The highest BCUT2D eigenvalue weighted by Crippen LogP contribution is 2.25. The second-order valence-electron chi connectivity index (χ2n) is 4.65. The lowest BCUT2D eigenvalue weighted by Gasteiger charge is -2.22. The summed E-state index contributed by atoms with van der Waals surface area (Å²) < 4.78 is 52.5. The maximum atomic E-state index is 13.5. The molecule has 21 heavy (non-hydrogen) atoms. The number of hydrogen-bond acceptors (Lipinski definition) is 4. The highest BCUT2D eigenvalue weighted by Gasteiger charge is 2.28. The summed E-state index contributed by atoms with van der Waals surface area (Å²) in [6.07, 6.45) is 0. The van der Waals surface area contributed by atoms with E-state index < -0.39 is 32.2 Å². The molecule has 2 aromatic rings. The normalized spacial score (nSPS) is 14.9. The number of nitrogens with one attached hydrogen (secondary N) is 1. The van der Waals surface area contributed by atoms with Gasteiger partial charge in [0.05, 0.1) is 0 Å². The van der Waals surface area contributed by atoms with Gasteiger partial charge in [0.2, 0.25) is 10.0 Å². The van der Waals surface area contributed by atoms with Crippen LogP contribution in [0.2, 0.25) is 0 Å². The van der Waals surface area contributed by atoms with Crippen molar-refractivity contribution < 1.29 is 22.3 Å². The number of thiophene rings is 1. The van der Waals surface area contributed by atoms with Gasteiger partial charge in [0.25, 0.3) is 0 Å². The molecule has 0 fully saturated rings. The monoisotopic (exact) mass is 333 g/mol. The Hall–Kier alpha value is -1.35. The Kier molecular flexibility index (Phi) is 4.43. The first-order chi connectivity index (χ1) is 9.72. The quantitative estimate of drug-likeness (QED) is 0.882. The summed E-state index contributed by atoms with van der Waals surface area (Å²) in [5, 5.41) is 12.0. The molecular weight excluding hydrogens is 320 g/mol. The fourth-order valence-corrected chi connectivity index (χ4v) is 3.65. The minimum Gasteiger partial charge on any atom is -0.383 e. The Labute approximate surface area is 125 Å². The third-order valence-electron chi connectivity index (χ3n) is 2.84. The van der Waals surface area contributed by atoms with Crippen LogP contribution in [0.25, 0.3) is 0 Å². The summed E-state index contributed by atoms with van der Waals surface area (Å²) in [6.45, 7) is 1.12. The van der Waals surface area contributed by atoms with E-state index in [0.29, 0.717) is 10.9 Å². The van der Waals surface area contributed by atoms with E-state index in [1.807, 2.05) is 0 Å². The maximum absolute atomic E-state index is 13.5. The van der Waals surface area contributed by atoms with Crippen LogP contribution in [-0.2, 0) is 15.6 Å². The van der Waals surface area contributed by atoms with Gasteiger partial charge >= 0.3 is 0 Å². The predicted molar refractivity (Wildman–Crippen MR) is 75.4 cm³/mol. The van der Waals surface area contributed by atoms with Crippen molar-refractivity contribution >= 4 is 21.4 Å². The van der Waals surface area contributed by atoms with Crippen molar-refractivity contribution in [1.29, 1.82) is 0 Å². The second kappa shape index (κ2) is 5.80. The van der Waals surface area contributed by atoms with Gasteiger partial charge in [-0.2, -0.15) is 0 Å². The molecule has 0 radical (unpaired) electrons. The van der Waals surface area contributed by atoms with Crippen LogP contribution in [-0.4, -0.2) is 20.1 Å². The van der Waals surface area contributed by atoms with Crippen molar-refractivity contribution in [2.24, 2.45) is 0 Å². The number of halogens is 2. The fourth-order valence-electron chi connectivity index (χ4n) is 1.68. The van der Waals surface area contributed by atoms with Crippen molar-refractivity contribution in [1.82, 2.24) is 4.72 Å². The topological polar surface area (TPSA) is 66.4 Å². The van der Waals surface area contributed by atoms with Gasteiger partial charge in [-0.05, 0) is 30.5 Å². The van der Waals surface area contributed by atoms with Gasteiger partial charge in [-0.1, -0.05) is 6.07 Å². The third kappa shape index (κ3) is 3.65. The van der Waals surface area contributed by atoms with Crippen molar-refractivity contribution in [3.63, 3.8) is 0 Å². The van der Waals surface area contributed by atoms with Crippen LogP contribution in [0, 0.1) is 11.6 Å². The smallest absolute Gasteiger partial charge is 0.243 e. The molecule has 1 heterocycles. The minimum absolute atomic E-state index is 0.327. The summed E-state index contributed by atoms with van der Waals surface area (Å²) in [7, 11) is -4.18. The molecule has 0 aliphatic rings. The van der Waals surface area contributed by atoms with Crippen molar-refractivity contribution in [2.45, 2.75) is 17.4 Å². The van der Waals surface area contributed by atoms with Crippen molar-refractivity contribution in [2.75, 3.05) is 6.54 Å². The molecule has 0 aliphatic heterocycles. The maximum Gasteiger partial charge on any atom is 0.243 e. The number of aliphatic hydroxyl groups is 1. The van der Waals surface area contributed by atoms with Crippen LogP contribution in [0.1, 0.15) is 11.8 Å². The lowest BCUT2D eigenvalue weighted by atomic mass is 10.1. The molecule has 2 rings (SSSR count). The molecule has 0 saturated carbocycles. The average molecular weight is 333 g/mol. The Morgan fingerprint density at radius 2 is 2.05 bits per heavy atom. The molecule has 4 nitrogen and oxygen atoms in total.